The molecule has 0 aliphatic heterocycles. The molecule has 0 unspecified atom stereocenters. The van der Waals surface area contributed by atoms with Gasteiger partial charge in [0.05, 0.1) is 10.7 Å². The molecule has 2 aliphatic rings. The van der Waals surface area contributed by atoms with Crippen LogP contribution in [-0.2, 0) is 5.41 Å². The third-order valence-corrected chi connectivity index (χ3v) is 10.5. The van der Waals surface area contributed by atoms with Gasteiger partial charge in [-0.1, -0.05) is 104 Å². The Bertz CT molecular complexity index is 2060. The van der Waals surface area contributed by atoms with Crippen molar-refractivity contribution in [2.45, 2.75) is 31.1 Å². The third kappa shape index (κ3) is 3.29. The Hall–Kier alpha value is -4.40. The van der Waals surface area contributed by atoms with Crippen molar-refractivity contribution in [3.63, 3.8) is 0 Å². The highest BCUT2D eigenvalue weighted by Gasteiger charge is 2.46. The predicted octanol–water partition coefficient (Wildman–Crippen LogP) is 11.5. The largest absolute Gasteiger partial charge is 0.301 e. The van der Waals surface area contributed by atoms with E-state index in [0.29, 0.717) is 0 Å². The number of hydrogen-bond acceptors (Lipinski definition) is 2. The molecule has 196 valence electrons. The SMILES string of the molecule is c1csc(N(c2ccc3c(c2)C2(CCCC2)c2c-3ccc3ccccc23)c2c3ccccc3cc3ccccc23)c1. The molecular formula is C39H29NS. The lowest BCUT2D eigenvalue weighted by molar-refractivity contribution is 0.554. The van der Waals surface area contributed by atoms with Gasteiger partial charge in [-0.2, -0.15) is 0 Å². The fourth-order valence-electron chi connectivity index (χ4n) is 7.94. The van der Waals surface area contributed by atoms with Crippen molar-refractivity contribution in [3.05, 3.63) is 138 Å². The average molecular weight is 544 g/mol. The van der Waals surface area contributed by atoms with Crippen LogP contribution in [0.15, 0.2) is 127 Å². The standard InChI is InChI=1S/C39H29NS/c1-4-13-30-26(10-1)17-19-34-33-20-18-29(25-35(33)39(37(30)34)21-7-8-22-39)40(36-16-9-23-41-36)38-31-14-5-2-11-27(31)24-28-12-3-6-15-32(28)38/h1-6,9-20,23-25H,7-8,21-22H2. The molecule has 0 bridgehead atoms. The predicted molar refractivity (Wildman–Crippen MR) is 176 cm³/mol. The number of rotatable bonds is 3. The van der Waals surface area contributed by atoms with Crippen molar-refractivity contribution in [2.24, 2.45) is 0 Å². The molecule has 2 heteroatoms. The van der Waals surface area contributed by atoms with Crippen molar-refractivity contribution in [3.8, 4) is 11.1 Å². The number of anilines is 3. The summed E-state index contributed by atoms with van der Waals surface area (Å²) in [5.74, 6) is 0. The molecular weight excluding hydrogens is 515 g/mol. The van der Waals surface area contributed by atoms with Gasteiger partial charge < -0.3 is 4.90 Å². The smallest absolute Gasteiger partial charge is 0.0999 e. The lowest BCUT2D eigenvalue weighted by Crippen LogP contribution is -2.21. The summed E-state index contributed by atoms with van der Waals surface area (Å²) >= 11 is 1.81. The monoisotopic (exact) mass is 543 g/mol. The summed E-state index contributed by atoms with van der Waals surface area (Å²) in [6.45, 7) is 0. The maximum Gasteiger partial charge on any atom is 0.0999 e. The Morgan fingerprint density at radius 1 is 0.561 bits per heavy atom. The lowest BCUT2D eigenvalue weighted by Gasteiger charge is -2.31. The minimum absolute atomic E-state index is 0.0868. The van der Waals surface area contributed by atoms with Gasteiger partial charge in [0.2, 0.25) is 0 Å². The summed E-state index contributed by atoms with van der Waals surface area (Å²) in [6, 6.07) is 45.5. The summed E-state index contributed by atoms with van der Waals surface area (Å²) in [7, 11) is 0. The van der Waals surface area contributed by atoms with Crippen molar-refractivity contribution < 1.29 is 0 Å². The maximum atomic E-state index is 2.55. The van der Waals surface area contributed by atoms with Gasteiger partial charge in [-0.05, 0) is 92.4 Å². The Balaban J connectivity index is 1.34. The maximum absolute atomic E-state index is 2.55. The van der Waals surface area contributed by atoms with Gasteiger partial charge in [-0.3, -0.25) is 0 Å². The number of nitrogens with zero attached hydrogens (tertiary/aromatic N) is 1. The van der Waals surface area contributed by atoms with E-state index in [1.165, 1.54) is 91.1 Å². The van der Waals surface area contributed by atoms with Crippen molar-refractivity contribution in [1.82, 2.24) is 0 Å². The van der Waals surface area contributed by atoms with E-state index in [0.717, 1.165) is 0 Å². The molecule has 1 aromatic heterocycles. The van der Waals surface area contributed by atoms with Gasteiger partial charge in [0.1, 0.15) is 0 Å². The van der Waals surface area contributed by atoms with Gasteiger partial charge in [0.25, 0.3) is 0 Å². The molecule has 9 rings (SSSR count). The zero-order chi connectivity index (χ0) is 27.0. The second kappa shape index (κ2) is 8.80. The molecule has 1 fully saturated rings. The molecule has 41 heavy (non-hydrogen) atoms. The molecule has 0 amide bonds. The Labute approximate surface area is 244 Å². The fourth-order valence-corrected chi connectivity index (χ4v) is 8.70. The van der Waals surface area contributed by atoms with Crippen LogP contribution in [0.4, 0.5) is 16.4 Å². The minimum atomic E-state index is 0.0868. The highest BCUT2D eigenvalue weighted by atomic mass is 32.1. The van der Waals surface area contributed by atoms with E-state index in [-0.39, 0.29) is 5.41 Å². The number of thiophene rings is 1. The van der Waals surface area contributed by atoms with Crippen LogP contribution in [0.3, 0.4) is 0 Å². The molecule has 0 N–H and O–H groups in total. The van der Waals surface area contributed by atoms with Gasteiger partial charge >= 0.3 is 0 Å². The van der Waals surface area contributed by atoms with Crippen molar-refractivity contribution in [2.75, 3.05) is 4.90 Å². The number of hydrogen-bond donors (Lipinski definition) is 0. The Kier molecular flexibility index (Phi) is 5.00. The highest BCUT2D eigenvalue weighted by Crippen LogP contribution is 2.60. The summed E-state index contributed by atoms with van der Waals surface area (Å²) in [5, 5.41) is 11.3. The molecule has 1 heterocycles. The summed E-state index contributed by atoms with van der Waals surface area (Å²) < 4.78 is 0. The van der Waals surface area contributed by atoms with E-state index >= 15 is 0 Å². The normalized spacial score (nSPS) is 15.1. The number of benzene rings is 6. The van der Waals surface area contributed by atoms with Crippen molar-refractivity contribution in [1.29, 1.82) is 0 Å². The highest BCUT2D eigenvalue weighted by molar-refractivity contribution is 7.14. The van der Waals surface area contributed by atoms with E-state index in [9.17, 15) is 0 Å². The second-order valence-corrected chi connectivity index (χ2v) is 12.6. The summed E-state index contributed by atoms with van der Waals surface area (Å²) in [6.07, 6.45) is 5.02. The van der Waals surface area contributed by atoms with E-state index in [1.807, 2.05) is 11.3 Å². The van der Waals surface area contributed by atoms with Gasteiger partial charge in [0.15, 0.2) is 0 Å². The van der Waals surface area contributed by atoms with Crippen LogP contribution in [0.1, 0.15) is 36.8 Å². The van der Waals surface area contributed by atoms with Gasteiger partial charge in [0, 0.05) is 21.9 Å². The van der Waals surface area contributed by atoms with Crippen LogP contribution in [0.2, 0.25) is 0 Å². The average Bonchev–Trinajstić information content (AvgIpc) is 3.79. The van der Waals surface area contributed by atoms with Crippen LogP contribution in [0.25, 0.3) is 43.4 Å². The first-order valence-electron chi connectivity index (χ1n) is 14.7. The molecule has 2 aliphatic carbocycles. The van der Waals surface area contributed by atoms with E-state index < -0.39 is 0 Å². The van der Waals surface area contributed by atoms with E-state index in [4.69, 9.17) is 0 Å². The Morgan fingerprint density at radius 2 is 1.22 bits per heavy atom. The molecule has 0 radical (unpaired) electrons. The molecule has 1 saturated carbocycles. The zero-order valence-electron chi connectivity index (χ0n) is 22.8. The summed E-state index contributed by atoms with van der Waals surface area (Å²) in [5.41, 5.74) is 8.54. The third-order valence-electron chi connectivity index (χ3n) is 9.62. The molecule has 1 nitrogen and oxygen atoms in total. The molecule has 6 aromatic carbocycles. The Morgan fingerprint density at radius 3 is 1.93 bits per heavy atom. The molecule has 7 aromatic rings. The first kappa shape index (κ1) is 23.3. The van der Waals surface area contributed by atoms with E-state index in [1.54, 1.807) is 5.56 Å². The topological polar surface area (TPSA) is 3.24 Å². The summed E-state index contributed by atoms with van der Waals surface area (Å²) in [4.78, 5) is 2.53. The first-order valence-corrected chi connectivity index (χ1v) is 15.6. The van der Waals surface area contributed by atoms with Crippen molar-refractivity contribution >= 4 is 60.0 Å². The van der Waals surface area contributed by atoms with Crippen LogP contribution < -0.4 is 4.90 Å². The first-order chi connectivity index (χ1) is 20.3. The van der Waals surface area contributed by atoms with Crippen LogP contribution in [0.5, 0.6) is 0 Å². The molecule has 1 spiro atoms. The van der Waals surface area contributed by atoms with E-state index in [2.05, 4.69) is 132 Å². The quantitative estimate of drug-likeness (QED) is 0.200. The lowest BCUT2D eigenvalue weighted by atomic mass is 9.75. The minimum Gasteiger partial charge on any atom is -0.301 e. The van der Waals surface area contributed by atoms with Crippen LogP contribution in [-0.4, -0.2) is 0 Å². The van der Waals surface area contributed by atoms with Gasteiger partial charge in [-0.25, -0.2) is 0 Å². The van der Waals surface area contributed by atoms with Crippen LogP contribution in [0, 0.1) is 0 Å². The molecule has 0 atom stereocenters. The second-order valence-electron chi connectivity index (χ2n) is 11.7. The zero-order valence-corrected chi connectivity index (χ0v) is 23.6. The fraction of sp³-hybridized carbons (Fsp3) is 0.128. The van der Waals surface area contributed by atoms with Gasteiger partial charge in [-0.15, -0.1) is 11.3 Å². The number of fused-ring (bicyclic) bond motifs is 9. The van der Waals surface area contributed by atoms with Crippen LogP contribution >= 0.6 is 11.3 Å². The molecule has 0 saturated heterocycles.